The number of pyridine rings is 1. The normalized spacial score (nSPS) is 19.1. The molecule has 0 spiro atoms. The average Bonchev–Trinajstić information content (AvgIpc) is 2.73. The minimum Gasteiger partial charge on any atom is -0.366 e. The van der Waals surface area contributed by atoms with Gasteiger partial charge in [0.05, 0.1) is 13.2 Å². The third-order valence-electron chi connectivity index (χ3n) is 6.50. The first kappa shape index (κ1) is 24.4. The van der Waals surface area contributed by atoms with Gasteiger partial charge in [-0.25, -0.2) is 4.39 Å². The molecule has 0 bridgehead atoms. The molecule has 9 heteroatoms. The van der Waals surface area contributed by atoms with E-state index in [9.17, 15) is 18.0 Å². The molecule has 4 rings (SSSR count). The minimum absolute atomic E-state index is 0.0824. The Kier molecular flexibility index (Phi) is 7.12. The van der Waals surface area contributed by atoms with Crippen LogP contribution < -0.4 is 10.2 Å². The molecule has 1 saturated heterocycles. The highest BCUT2D eigenvalue weighted by molar-refractivity contribution is 5.77. The van der Waals surface area contributed by atoms with Crippen molar-refractivity contribution >= 4 is 11.6 Å². The second-order valence-corrected chi connectivity index (χ2v) is 9.23. The second-order valence-electron chi connectivity index (χ2n) is 9.23. The van der Waals surface area contributed by atoms with Gasteiger partial charge in [-0.15, -0.1) is 0 Å². The van der Waals surface area contributed by atoms with E-state index in [4.69, 9.17) is 4.74 Å². The fraction of sp³-hybridized carbons (Fsp3) is 0.520. The van der Waals surface area contributed by atoms with Crippen molar-refractivity contribution in [1.29, 1.82) is 0 Å². The number of hydrogen-bond acceptors (Lipinski definition) is 4. The Morgan fingerprint density at radius 2 is 1.88 bits per heavy atom. The number of nitrogens with one attached hydrogen (secondary N) is 1. The van der Waals surface area contributed by atoms with Crippen molar-refractivity contribution in [1.82, 2.24) is 10.3 Å². The van der Waals surface area contributed by atoms with Crippen LogP contribution in [0.15, 0.2) is 24.3 Å². The van der Waals surface area contributed by atoms with E-state index in [0.29, 0.717) is 34.7 Å². The van der Waals surface area contributed by atoms with Crippen LogP contribution in [-0.4, -0.2) is 42.9 Å². The minimum atomic E-state index is -4.50. The molecule has 0 unspecified atom stereocenters. The van der Waals surface area contributed by atoms with Crippen LogP contribution in [0.2, 0.25) is 0 Å². The molecule has 2 fully saturated rings. The van der Waals surface area contributed by atoms with Crippen molar-refractivity contribution in [2.75, 3.05) is 24.6 Å². The number of benzene rings is 1. The second kappa shape index (κ2) is 9.90. The summed E-state index contributed by atoms with van der Waals surface area (Å²) in [4.78, 5) is 18.3. The van der Waals surface area contributed by atoms with E-state index < -0.39 is 24.6 Å². The van der Waals surface area contributed by atoms with Gasteiger partial charge in [0.15, 0.2) is 6.10 Å². The Bertz CT molecular complexity index is 1030. The van der Waals surface area contributed by atoms with Gasteiger partial charge in [-0.05, 0) is 68.0 Å². The molecule has 1 aliphatic heterocycles. The maximum Gasteiger partial charge on any atom is 0.416 e. The van der Waals surface area contributed by atoms with Gasteiger partial charge in [0.25, 0.3) is 0 Å². The van der Waals surface area contributed by atoms with Gasteiger partial charge in [-0.1, -0.05) is 6.42 Å². The Labute approximate surface area is 196 Å². The molecular weight excluding hydrogens is 450 g/mol. The maximum absolute atomic E-state index is 15.5. The number of carbonyl (C=O) groups is 1. The SMILES string of the molecule is Cc1cc(-c2c(F)cc(N3CCO[C@H](C(F)(F)F)C3)cc2CNC(=O)CC2CCC2)cc(C)n1. The van der Waals surface area contributed by atoms with Crippen LogP contribution in [-0.2, 0) is 16.1 Å². The Balaban J connectivity index is 1.65. The van der Waals surface area contributed by atoms with Crippen LogP contribution in [0.4, 0.5) is 23.2 Å². The van der Waals surface area contributed by atoms with Crippen molar-refractivity contribution in [3.8, 4) is 11.1 Å². The van der Waals surface area contributed by atoms with E-state index in [2.05, 4.69) is 10.3 Å². The summed E-state index contributed by atoms with van der Waals surface area (Å²) in [6.07, 6.45) is -2.79. The van der Waals surface area contributed by atoms with E-state index in [1.54, 1.807) is 18.2 Å². The molecule has 184 valence electrons. The van der Waals surface area contributed by atoms with Crippen LogP contribution >= 0.6 is 0 Å². The first-order valence-electron chi connectivity index (χ1n) is 11.6. The predicted molar refractivity (Wildman–Crippen MR) is 121 cm³/mol. The Hall–Kier alpha value is -2.68. The lowest BCUT2D eigenvalue weighted by atomic mass is 9.83. The number of morpholine rings is 1. The number of aryl methyl sites for hydroxylation is 2. The highest BCUT2D eigenvalue weighted by Crippen LogP contribution is 2.35. The summed E-state index contributed by atoms with van der Waals surface area (Å²) in [6.45, 7) is 3.40. The van der Waals surface area contributed by atoms with E-state index in [-0.39, 0.29) is 25.6 Å². The number of nitrogens with zero attached hydrogens (tertiary/aromatic N) is 2. The number of ether oxygens (including phenoxy) is 1. The van der Waals surface area contributed by atoms with Gasteiger partial charge in [-0.2, -0.15) is 13.2 Å². The number of hydrogen-bond donors (Lipinski definition) is 1. The Morgan fingerprint density at radius 1 is 1.18 bits per heavy atom. The lowest BCUT2D eigenvalue weighted by Gasteiger charge is -2.35. The zero-order chi connectivity index (χ0) is 24.5. The lowest BCUT2D eigenvalue weighted by molar-refractivity contribution is -0.221. The van der Waals surface area contributed by atoms with Gasteiger partial charge in [0.2, 0.25) is 5.91 Å². The number of amides is 1. The molecule has 2 aromatic rings. The molecule has 1 N–H and O–H groups in total. The van der Waals surface area contributed by atoms with Gasteiger partial charge in [-0.3, -0.25) is 9.78 Å². The fourth-order valence-electron chi connectivity index (χ4n) is 4.58. The molecule has 2 heterocycles. The van der Waals surface area contributed by atoms with Gasteiger partial charge in [0, 0.05) is 42.1 Å². The highest BCUT2D eigenvalue weighted by Gasteiger charge is 2.43. The summed E-state index contributed by atoms with van der Waals surface area (Å²) in [6, 6.07) is 6.46. The number of anilines is 1. The molecule has 1 aliphatic carbocycles. The number of alkyl halides is 3. The molecule has 1 amide bonds. The quantitative estimate of drug-likeness (QED) is 0.588. The maximum atomic E-state index is 15.5. The van der Waals surface area contributed by atoms with Gasteiger partial charge >= 0.3 is 6.18 Å². The topological polar surface area (TPSA) is 54.5 Å². The first-order chi connectivity index (χ1) is 16.1. The molecule has 2 aliphatic rings. The van der Waals surface area contributed by atoms with Crippen molar-refractivity contribution in [2.24, 2.45) is 5.92 Å². The zero-order valence-corrected chi connectivity index (χ0v) is 19.3. The molecule has 1 aromatic carbocycles. The van der Waals surface area contributed by atoms with Crippen molar-refractivity contribution in [2.45, 2.75) is 58.4 Å². The van der Waals surface area contributed by atoms with E-state index in [1.807, 2.05) is 13.8 Å². The summed E-state index contributed by atoms with van der Waals surface area (Å²) in [7, 11) is 0. The molecular formula is C25H29F4N3O2. The molecule has 5 nitrogen and oxygen atoms in total. The summed E-state index contributed by atoms with van der Waals surface area (Å²) in [5, 5.41) is 2.88. The van der Waals surface area contributed by atoms with Crippen molar-refractivity contribution in [3.05, 3.63) is 47.0 Å². The third kappa shape index (κ3) is 5.68. The fourth-order valence-corrected chi connectivity index (χ4v) is 4.58. The van der Waals surface area contributed by atoms with Crippen LogP contribution in [0.25, 0.3) is 11.1 Å². The standard InChI is InChI=1S/C25H29F4N3O2/c1-15-8-18(9-16(2)31-15)24-19(13-30-23(33)10-17-4-3-5-17)11-20(12-21(24)26)32-6-7-34-22(14-32)25(27,28)29/h8-9,11-12,17,22H,3-7,10,13-14H2,1-2H3,(H,30,33)/t22-/m0/s1. The average molecular weight is 480 g/mol. The van der Waals surface area contributed by atoms with Crippen LogP contribution in [0.3, 0.4) is 0 Å². The number of halogens is 4. The van der Waals surface area contributed by atoms with Crippen molar-refractivity contribution in [3.63, 3.8) is 0 Å². The molecule has 1 aromatic heterocycles. The van der Waals surface area contributed by atoms with E-state index >= 15 is 4.39 Å². The third-order valence-corrected chi connectivity index (χ3v) is 6.50. The molecule has 1 atom stereocenters. The largest absolute Gasteiger partial charge is 0.416 e. The monoisotopic (exact) mass is 479 g/mol. The summed E-state index contributed by atoms with van der Waals surface area (Å²) in [5.41, 5.74) is 3.23. The highest BCUT2D eigenvalue weighted by atomic mass is 19.4. The van der Waals surface area contributed by atoms with Crippen molar-refractivity contribution < 1.29 is 27.1 Å². The predicted octanol–water partition coefficient (Wildman–Crippen LogP) is 5.08. The summed E-state index contributed by atoms with van der Waals surface area (Å²) < 4.78 is 60.1. The van der Waals surface area contributed by atoms with Crippen LogP contribution in [0.1, 0.15) is 42.6 Å². The van der Waals surface area contributed by atoms with Crippen LogP contribution in [0, 0.1) is 25.6 Å². The summed E-state index contributed by atoms with van der Waals surface area (Å²) in [5.74, 6) is -0.270. The number of carbonyl (C=O) groups excluding carboxylic acids is 1. The Morgan fingerprint density at radius 3 is 2.50 bits per heavy atom. The van der Waals surface area contributed by atoms with E-state index in [1.165, 1.54) is 11.0 Å². The van der Waals surface area contributed by atoms with E-state index in [0.717, 1.165) is 30.7 Å². The van der Waals surface area contributed by atoms with Gasteiger partial charge in [0.1, 0.15) is 5.82 Å². The zero-order valence-electron chi connectivity index (χ0n) is 19.3. The van der Waals surface area contributed by atoms with Crippen LogP contribution in [0.5, 0.6) is 0 Å². The molecule has 34 heavy (non-hydrogen) atoms. The lowest BCUT2D eigenvalue weighted by Crippen LogP contribution is -2.49. The summed E-state index contributed by atoms with van der Waals surface area (Å²) >= 11 is 0. The number of aromatic nitrogens is 1. The van der Waals surface area contributed by atoms with Gasteiger partial charge < -0.3 is 15.0 Å². The number of rotatable bonds is 6. The molecule has 1 saturated carbocycles. The molecule has 0 radical (unpaired) electrons. The smallest absolute Gasteiger partial charge is 0.366 e. The first-order valence-corrected chi connectivity index (χ1v) is 11.6.